The number of hydrogen-bond acceptors (Lipinski definition) is 4. The van der Waals surface area contributed by atoms with Crippen LogP contribution < -0.4 is 5.32 Å². The van der Waals surface area contributed by atoms with E-state index in [1.165, 1.54) is 49.8 Å². The number of benzene rings is 2. The third-order valence-corrected chi connectivity index (χ3v) is 7.80. The topological polar surface area (TPSA) is 66.5 Å². The van der Waals surface area contributed by atoms with Gasteiger partial charge in [0, 0.05) is 22.9 Å². The largest absolute Gasteiger partial charge is 0.325 e. The monoisotopic (exact) mass is 422 g/mol. The van der Waals surface area contributed by atoms with Gasteiger partial charge in [-0.25, -0.2) is 12.8 Å². The van der Waals surface area contributed by atoms with Gasteiger partial charge < -0.3 is 5.32 Å². The molecule has 0 bridgehead atoms. The molecule has 0 atom stereocenters. The molecule has 150 valence electrons. The molecule has 0 radical (unpaired) electrons. The number of carbonyl (C=O) groups is 1. The first-order valence-electron chi connectivity index (χ1n) is 9.13. The average Bonchev–Trinajstić information content (AvgIpc) is 3.16. The quantitative estimate of drug-likeness (QED) is 0.729. The zero-order valence-corrected chi connectivity index (χ0v) is 17.2. The Balaban J connectivity index is 1.56. The van der Waals surface area contributed by atoms with Crippen molar-refractivity contribution in [2.24, 2.45) is 0 Å². The van der Waals surface area contributed by atoms with Crippen molar-refractivity contribution >= 4 is 33.4 Å². The fourth-order valence-electron chi connectivity index (χ4n) is 3.09. The molecule has 0 unspecified atom stereocenters. The first-order valence-corrected chi connectivity index (χ1v) is 11.4. The summed E-state index contributed by atoms with van der Waals surface area (Å²) in [6.45, 7) is -0.335. The van der Waals surface area contributed by atoms with Crippen LogP contribution in [0.2, 0.25) is 0 Å². The van der Waals surface area contributed by atoms with Gasteiger partial charge in [0.15, 0.2) is 0 Å². The Kier molecular flexibility index (Phi) is 6.74. The van der Waals surface area contributed by atoms with E-state index in [1.807, 2.05) is 36.0 Å². The number of anilines is 1. The molecule has 1 fully saturated rings. The summed E-state index contributed by atoms with van der Waals surface area (Å²) in [6, 6.07) is 12.1. The van der Waals surface area contributed by atoms with Gasteiger partial charge in [-0.2, -0.15) is 4.31 Å². The number of sulfonamides is 1. The van der Waals surface area contributed by atoms with Gasteiger partial charge >= 0.3 is 0 Å². The van der Waals surface area contributed by atoms with Crippen LogP contribution in [0.3, 0.4) is 0 Å². The molecule has 28 heavy (non-hydrogen) atoms. The van der Waals surface area contributed by atoms with Gasteiger partial charge in [0.1, 0.15) is 5.82 Å². The van der Waals surface area contributed by atoms with Crippen LogP contribution >= 0.6 is 11.8 Å². The molecular weight excluding hydrogens is 399 g/mol. The van der Waals surface area contributed by atoms with Crippen molar-refractivity contribution in [3.05, 3.63) is 54.3 Å². The third-order valence-electron chi connectivity index (χ3n) is 4.63. The van der Waals surface area contributed by atoms with Gasteiger partial charge in [-0.3, -0.25) is 4.79 Å². The van der Waals surface area contributed by atoms with E-state index in [0.717, 1.165) is 16.4 Å². The molecule has 8 heteroatoms. The summed E-state index contributed by atoms with van der Waals surface area (Å²) < 4.78 is 38.9. The number of amides is 1. The predicted octanol–water partition coefficient (Wildman–Crippen LogP) is 4.12. The maximum absolute atomic E-state index is 13.0. The Morgan fingerprint density at radius 2 is 1.71 bits per heavy atom. The molecule has 1 aliphatic rings. The minimum absolute atomic E-state index is 0.0579. The average molecular weight is 423 g/mol. The van der Waals surface area contributed by atoms with Crippen molar-refractivity contribution in [1.82, 2.24) is 4.31 Å². The van der Waals surface area contributed by atoms with Gasteiger partial charge in [0.25, 0.3) is 0 Å². The molecule has 5 nitrogen and oxygen atoms in total. The molecule has 1 saturated carbocycles. The molecule has 1 aliphatic carbocycles. The van der Waals surface area contributed by atoms with Crippen molar-refractivity contribution in [3.8, 4) is 0 Å². The fraction of sp³-hybridized carbons (Fsp3) is 0.350. The number of nitrogens with zero attached hydrogens (tertiary/aromatic N) is 1. The molecule has 0 aromatic heterocycles. The van der Waals surface area contributed by atoms with E-state index in [9.17, 15) is 17.6 Å². The summed E-state index contributed by atoms with van der Waals surface area (Å²) in [5.41, 5.74) is 0.619. The molecule has 0 heterocycles. The zero-order valence-electron chi connectivity index (χ0n) is 15.6. The van der Waals surface area contributed by atoms with Crippen LogP contribution in [0.4, 0.5) is 10.1 Å². The van der Waals surface area contributed by atoms with Crippen LogP contribution in [-0.4, -0.2) is 37.5 Å². The maximum Gasteiger partial charge on any atom is 0.243 e. The first kappa shape index (κ1) is 20.8. The lowest BCUT2D eigenvalue weighted by atomic mass is 10.3. The molecule has 1 N–H and O–H groups in total. The highest BCUT2D eigenvalue weighted by Gasteiger charge is 2.23. The van der Waals surface area contributed by atoms with Gasteiger partial charge in [-0.15, -0.1) is 11.8 Å². The second kappa shape index (κ2) is 9.07. The van der Waals surface area contributed by atoms with Crippen LogP contribution in [0.25, 0.3) is 0 Å². The van der Waals surface area contributed by atoms with Crippen molar-refractivity contribution in [1.29, 1.82) is 0 Å². The molecule has 1 amide bonds. The summed E-state index contributed by atoms with van der Waals surface area (Å²) in [5.74, 6) is -0.960. The Morgan fingerprint density at radius 1 is 1.11 bits per heavy atom. The maximum atomic E-state index is 13.0. The normalized spacial score (nSPS) is 15.1. The number of nitrogens with one attached hydrogen (secondary N) is 1. The predicted molar refractivity (Wildman–Crippen MR) is 109 cm³/mol. The lowest BCUT2D eigenvalue weighted by Crippen LogP contribution is -2.34. The van der Waals surface area contributed by atoms with Crippen LogP contribution in [0.15, 0.2) is 58.3 Å². The Labute approximate surface area is 169 Å². The molecule has 0 saturated heterocycles. The summed E-state index contributed by atoms with van der Waals surface area (Å²) in [5, 5.41) is 3.38. The minimum Gasteiger partial charge on any atom is -0.325 e. The number of thioether (sulfide) groups is 1. The van der Waals surface area contributed by atoms with Crippen molar-refractivity contribution in [2.75, 3.05) is 18.9 Å². The van der Waals surface area contributed by atoms with E-state index in [2.05, 4.69) is 5.32 Å². The zero-order chi connectivity index (χ0) is 20.1. The summed E-state index contributed by atoms with van der Waals surface area (Å²) >= 11 is 1.86. The van der Waals surface area contributed by atoms with Crippen LogP contribution in [-0.2, 0) is 14.8 Å². The molecular formula is C20H23FN2O3S2. The summed E-state index contributed by atoms with van der Waals surface area (Å²) in [6.07, 6.45) is 5.08. The third kappa shape index (κ3) is 5.33. The molecule has 0 spiro atoms. The van der Waals surface area contributed by atoms with Crippen molar-refractivity contribution < 1.29 is 17.6 Å². The molecule has 0 aliphatic heterocycles. The minimum atomic E-state index is -3.86. The smallest absolute Gasteiger partial charge is 0.243 e. The standard InChI is InChI=1S/C20H23FN2O3S2/c1-23(28(25,26)19-12-6-15(21)7-13-19)14-20(24)22-16-8-10-18(11-9-16)27-17-4-2-3-5-17/h6-13,17H,2-5,14H2,1H3,(H,22,24). The molecule has 2 aromatic rings. The number of carbonyl (C=O) groups excluding carboxylic acids is 1. The number of rotatable bonds is 7. The van der Waals surface area contributed by atoms with Gasteiger partial charge in [-0.1, -0.05) is 12.8 Å². The van der Waals surface area contributed by atoms with Crippen molar-refractivity contribution in [3.63, 3.8) is 0 Å². The molecule has 2 aromatic carbocycles. The van der Waals surface area contributed by atoms with Crippen LogP contribution in [0.5, 0.6) is 0 Å². The first-order chi connectivity index (χ1) is 13.3. The number of likely N-dealkylation sites (N-methyl/N-ethyl adjacent to an activating group) is 1. The van der Waals surface area contributed by atoms with E-state index in [1.54, 1.807) is 0 Å². The Hall–Kier alpha value is -1.90. The SMILES string of the molecule is CN(CC(=O)Nc1ccc(SC2CCCC2)cc1)S(=O)(=O)c1ccc(F)cc1. The lowest BCUT2D eigenvalue weighted by molar-refractivity contribution is -0.116. The van der Waals surface area contributed by atoms with Crippen molar-refractivity contribution in [2.45, 2.75) is 40.7 Å². The highest BCUT2D eigenvalue weighted by Crippen LogP contribution is 2.34. The summed E-state index contributed by atoms with van der Waals surface area (Å²) in [7, 11) is -2.54. The lowest BCUT2D eigenvalue weighted by Gasteiger charge is -2.17. The Morgan fingerprint density at radius 3 is 2.32 bits per heavy atom. The van der Waals surface area contributed by atoms with Gasteiger partial charge in [0.05, 0.1) is 11.4 Å². The second-order valence-corrected chi connectivity index (χ2v) is 10.2. The highest BCUT2D eigenvalue weighted by molar-refractivity contribution is 8.00. The summed E-state index contributed by atoms with van der Waals surface area (Å²) in [4.78, 5) is 13.3. The highest BCUT2D eigenvalue weighted by atomic mass is 32.2. The number of halogens is 1. The van der Waals surface area contributed by atoms with E-state index < -0.39 is 21.7 Å². The van der Waals surface area contributed by atoms with E-state index in [4.69, 9.17) is 0 Å². The molecule has 3 rings (SSSR count). The van der Waals surface area contributed by atoms with Crippen LogP contribution in [0.1, 0.15) is 25.7 Å². The Bertz CT molecular complexity index is 909. The van der Waals surface area contributed by atoms with E-state index in [0.29, 0.717) is 10.9 Å². The number of hydrogen-bond donors (Lipinski definition) is 1. The van der Waals surface area contributed by atoms with E-state index in [-0.39, 0.29) is 11.4 Å². The van der Waals surface area contributed by atoms with Gasteiger partial charge in [0.2, 0.25) is 15.9 Å². The second-order valence-electron chi connectivity index (χ2n) is 6.81. The van der Waals surface area contributed by atoms with E-state index >= 15 is 0 Å². The van der Waals surface area contributed by atoms with Gasteiger partial charge in [-0.05, 0) is 61.4 Å². The van der Waals surface area contributed by atoms with Crippen LogP contribution in [0, 0.1) is 5.82 Å². The fourth-order valence-corrected chi connectivity index (χ4v) is 5.46.